The maximum atomic E-state index is 12.4. The van der Waals surface area contributed by atoms with E-state index in [0.717, 1.165) is 12.8 Å². The number of halogens is 3. The van der Waals surface area contributed by atoms with E-state index in [2.05, 4.69) is 10.1 Å². The first kappa shape index (κ1) is 17.9. The number of carbonyl (C=O) groups is 2. The molecule has 0 atom stereocenters. The van der Waals surface area contributed by atoms with Gasteiger partial charge < -0.3 is 15.0 Å². The van der Waals surface area contributed by atoms with Gasteiger partial charge in [0.1, 0.15) is 5.75 Å². The van der Waals surface area contributed by atoms with Gasteiger partial charge in [-0.15, -0.1) is 0 Å². The molecule has 25 heavy (non-hydrogen) atoms. The molecule has 1 N–H and O–H groups in total. The number of hydrogen-bond donors (Lipinski definition) is 1. The van der Waals surface area contributed by atoms with Gasteiger partial charge in [-0.1, -0.05) is 11.6 Å². The fourth-order valence-electron chi connectivity index (χ4n) is 2.97. The number of amides is 2. The molecule has 3 rings (SSSR count). The van der Waals surface area contributed by atoms with Crippen LogP contribution in [0.2, 0.25) is 5.02 Å². The Labute approximate surface area is 149 Å². The van der Waals surface area contributed by atoms with Crippen LogP contribution < -0.4 is 10.1 Å². The molecule has 2 aliphatic rings. The molecule has 0 unspecified atom stereocenters. The van der Waals surface area contributed by atoms with Crippen LogP contribution in [0.15, 0.2) is 18.2 Å². The van der Waals surface area contributed by atoms with Crippen LogP contribution in [0, 0.1) is 11.8 Å². The summed E-state index contributed by atoms with van der Waals surface area (Å²) in [4.78, 5) is 26.2. The van der Waals surface area contributed by atoms with E-state index in [4.69, 9.17) is 11.6 Å². The van der Waals surface area contributed by atoms with Crippen molar-refractivity contribution >= 4 is 29.1 Å². The zero-order valence-electron chi connectivity index (χ0n) is 13.5. The zero-order valence-corrected chi connectivity index (χ0v) is 14.3. The molecule has 8 heteroatoms. The van der Waals surface area contributed by atoms with E-state index in [-0.39, 0.29) is 34.4 Å². The number of alkyl halides is 2. The second-order valence-corrected chi connectivity index (χ2v) is 6.79. The van der Waals surface area contributed by atoms with Gasteiger partial charge in [0, 0.05) is 30.6 Å². The molecule has 1 aliphatic heterocycles. The van der Waals surface area contributed by atoms with Crippen molar-refractivity contribution in [3.05, 3.63) is 23.2 Å². The molecular weight excluding hydrogens is 354 g/mol. The summed E-state index contributed by atoms with van der Waals surface area (Å²) in [5.74, 6) is -0.0700. The third-order valence-electron chi connectivity index (χ3n) is 4.52. The Morgan fingerprint density at radius 2 is 1.84 bits per heavy atom. The molecule has 1 heterocycles. The van der Waals surface area contributed by atoms with Crippen molar-refractivity contribution in [3.8, 4) is 5.75 Å². The highest BCUT2D eigenvalue weighted by molar-refractivity contribution is 6.32. The van der Waals surface area contributed by atoms with Gasteiger partial charge in [-0.25, -0.2) is 0 Å². The number of likely N-dealkylation sites (tertiary alicyclic amines) is 1. The first-order chi connectivity index (χ1) is 11.9. The SMILES string of the molecule is O=C(Nc1ccc(OC(F)F)c(Cl)c1)C1CCN(C(=O)C2CC2)CC1. The van der Waals surface area contributed by atoms with E-state index < -0.39 is 6.61 Å². The number of rotatable bonds is 5. The molecule has 1 saturated carbocycles. The Kier molecular flexibility index (Phi) is 5.42. The Balaban J connectivity index is 1.52. The summed E-state index contributed by atoms with van der Waals surface area (Å²) >= 11 is 5.88. The van der Waals surface area contributed by atoms with E-state index in [9.17, 15) is 18.4 Å². The minimum absolute atomic E-state index is 0.00273. The van der Waals surface area contributed by atoms with Crippen LogP contribution in [0.4, 0.5) is 14.5 Å². The van der Waals surface area contributed by atoms with Crippen molar-refractivity contribution in [3.63, 3.8) is 0 Å². The highest BCUT2D eigenvalue weighted by atomic mass is 35.5. The first-order valence-electron chi connectivity index (χ1n) is 8.28. The summed E-state index contributed by atoms with van der Waals surface area (Å²) in [6, 6.07) is 4.14. The quantitative estimate of drug-likeness (QED) is 0.860. The topological polar surface area (TPSA) is 58.6 Å². The number of anilines is 1. The van der Waals surface area contributed by atoms with E-state index in [1.807, 2.05) is 4.90 Å². The molecule has 2 amide bonds. The standard InChI is InChI=1S/C17H19ClF2N2O3/c18-13-9-12(3-4-14(13)25-17(19)20)21-15(23)10-5-7-22(8-6-10)16(24)11-1-2-11/h3-4,9-11,17H,1-2,5-8H2,(H,21,23). The summed E-state index contributed by atoms with van der Waals surface area (Å²) in [5.41, 5.74) is 0.424. The van der Waals surface area contributed by atoms with Crippen LogP contribution in [0.3, 0.4) is 0 Å². The monoisotopic (exact) mass is 372 g/mol. The van der Waals surface area contributed by atoms with E-state index >= 15 is 0 Å². The third-order valence-corrected chi connectivity index (χ3v) is 4.81. The first-order valence-corrected chi connectivity index (χ1v) is 8.66. The van der Waals surface area contributed by atoms with Gasteiger partial charge in [-0.05, 0) is 43.9 Å². The molecule has 1 aromatic carbocycles. The van der Waals surface area contributed by atoms with Gasteiger partial charge in [-0.3, -0.25) is 9.59 Å². The third kappa shape index (κ3) is 4.60. The smallest absolute Gasteiger partial charge is 0.387 e. The Bertz CT molecular complexity index is 659. The molecule has 1 saturated heterocycles. The van der Waals surface area contributed by atoms with Gasteiger partial charge in [-0.2, -0.15) is 8.78 Å². The highest BCUT2D eigenvalue weighted by Gasteiger charge is 2.35. The Morgan fingerprint density at radius 3 is 2.40 bits per heavy atom. The second-order valence-electron chi connectivity index (χ2n) is 6.39. The molecule has 0 bridgehead atoms. The van der Waals surface area contributed by atoms with Crippen LogP contribution in [0.25, 0.3) is 0 Å². The molecule has 5 nitrogen and oxygen atoms in total. The molecule has 2 fully saturated rings. The van der Waals surface area contributed by atoms with Gasteiger partial charge in [0.15, 0.2) is 0 Å². The summed E-state index contributed by atoms with van der Waals surface area (Å²) in [6.07, 6.45) is 3.19. The van der Waals surface area contributed by atoms with Crippen molar-refractivity contribution in [2.45, 2.75) is 32.3 Å². The van der Waals surface area contributed by atoms with Crippen molar-refractivity contribution < 1.29 is 23.1 Å². The largest absolute Gasteiger partial charge is 0.433 e. The predicted octanol–water partition coefficient (Wildman–Crippen LogP) is 3.53. The van der Waals surface area contributed by atoms with Crippen molar-refractivity contribution in [1.29, 1.82) is 0 Å². The number of benzene rings is 1. The molecular formula is C17H19ClF2N2O3. The number of carbonyl (C=O) groups excluding carboxylic acids is 2. The number of hydrogen-bond acceptors (Lipinski definition) is 3. The lowest BCUT2D eigenvalue weighted by atomic mass is 9.95. The van der Waals surface area contributed by atoms with Crippen molar-refractivity contribution in [1.82, 2.24) is 4.90 Å². The summed E-state index contributed by atoms with van der Waals surface area (Å²) < 4.78 is 28.7. The van der Waals surface area contributed by atoms with Crippen LogP contribution in [-0.2, 0) is 9.59 Å². The van der Waals surface area contributed by atoms with Crippen LogP contribution in [0.5, 0.6) is 5.75 Å². The molecule has 0 aromatic heterocycles. The Morgan fingerprint density at radius 1 is 1.16 bits per heavy atom. The minimum atomic E-state index is -2.96. The second kappa shape index (κ2) is 7.56. The van der Waals surface area contributed by atoms with Crippen LogP contribution >= 0.6 is 11.6 Å². The van der Waals surface area contributed by atoms with Crippen LogP contribution in [0.1, 0.15) is 25.7 Å². The average molecular weight is 373 g/mol. The molecule has 1 aliphatic carbocycles. The summed E-state index contributed by atoms with van der Waals surface area (Å²) in [6.45, 7) is -1.77. The van der Waals surface area contributed by atoms with Crippen molar-refractivity contribution in [2.75, 3.05) is 18.4 Å². The Hall–Kier alpha value is -1.89. The number of nitrogens with zero attached hydrogens (tertiary/aromatic N) is 1. The van der Waals surface area contributed by atoms with Gasteiger partial charge in [0.2, 0.25) is 11.8 Å². The fourth-order valence-corrected chi connectivity index (χ4v) is 3.19. The number of ether oxygens (including phenoxy) is 1. The average Bonchev–Trinajstić information content (AvgIpc) is 3.41. The highest BCUT2D eigenvalue weighted by Crippen LogP contribution is 2.33. The van der Waals surface area contributed by atoms with Gasteiger partial charge >= 0.3 is 6.61 Å². The normalized spacial score (nSPS) is 18.3. The molecule has 136 valence electrons. The summed E-state index contributed by atoms with van der Waals surface area (Å²) in [5, 5.41) is 2.75. The maximum absolute atomic E-state index is 12.4. The van der Waals surface area contributed by atoms with Crippen molar-refractivity contribution in [2.24, 2.45) is 11.8 Å². The predicted molar refractivity (Wildman–Crippen MR) is 88.7 cm³/mol. The number of piperidine rings is 1. The van der Waals surface area contributed by atoms with Gasteiger partial charge in [0.25, 0.3) is 0 Å². The van der Waals surface area contributed by atoms with E-state index in [1.54, 1.807) is 0 Å². The maximum Gasteiger partial charge on any atom is 0.387 e. The van der Waals surface area contributed by atoms with Gasteiger partial charge in [0.05, 0.1) is 5.02 Å². The molecule has 1 aromatic rings. The number of nitrogens with one attached hydrogen (secondary N) is 1. The lowest BCUT2D eigenvalue weighted by Gasteiger charge is -2.31. The van der Waals surface area contributed by atoms with E-state index in [0.29, 0.717) is 31.6 Å². The van der Waals surface area contributed by atoms with Crippen LogP contribution in [-0.4, -0.2) is 36.4 Å². The molecule has 0 radical (unpaired) electrons. The zero-order chi connectivity index (χ0) is 18.0. The summed E-state index contributed by atoms with van der Waals surface area (Å²) in [7, 11) is 0. The fraction of sp³-hybridized carbons (Fsp3) is 0.529. The lowest BCUT2D eigenvalue weighted by Crippen LogP contribution is -2.42. The lowest BCUT2D eigenvalue weighted by molar-refractivity contribution is -0.135. The molecule has 0 spiro atoms. The minimum Gasteiger partial charge on any atom is -0.433 e. The van der Waals surface area contributed by atoms with E-state index in [1.165, 1.54) is 18.2 Å².